The number of nitrogens with two attached hydrogens (primary N) is 1. The van der Waals surface area contributed by atoms with E-state index in [0.29, 0.717) is 29.5 Å². The van der Waals surface area contributed by atoms with E-state index in [-0.39, 0.29) is 24.0 Å². The third-order valence-corrected chi connectivity index (χ3v) is 6.57. The van der Waals surface area contributed by atoms with Gasteiger partial charge < -0.3 is 15.8 Å². The van der Waals surface area contributed by atoms with Crippen molar-refractivity contribution in [1.82, 2.24) is 5.32 Å². The second kappa shape index (κ2) is 7.79. The Bertz CT molecular complexity index is 1210. The summed E-state index contributed by atoms with van der Waals surface area (Å²) in [6.45, 7) is 1.81. The van der Waals surface area contributed by atoms with Gasteiger partial charge in [0.1, 0.15) is 12.4 Å². The molecular weight excluding hydrogens is 407 g/mol. The number of carbonyl (C=O) groups is 2. The molecule has 1 unspecified atom stereocenters. The number of ether oxygens (including phenoxy) is 1. The zero-order chi connectivity index (χ0) is 22.4. The van der Waals surface area contributed by atoms with Gasteiger partial charge in [-0.15, -0.1) is 0 Å². The molecule has 0 bridgehead atoms. The van der Waals surface area contributed by atoms with Gasteiger partial charge in [-0.3, -0.25) is 4.79 Å². The lowest BCUT2D eigenvalue weighted by molar-refractivity contribution is 0.0904. The van der Waals surface area contributed by atoms with E-state index in [1.54, 1.807) is 6.92 Å². The van der Waals surface area contributed by atoms with Gasteiger partial charge >= 0.3 is 6.09 Å². The molecule has 162 valence electrons. The highest BCUT2D eigenvalue weighted by atomic mass is 19.1. The first-order chi connectivity index (χ1) is 15.5. The number of nitrogens with one attached hydrogen (secondary N) is 1. The summed E-state index contributed by atoms with van der Waals surface area (Å²) in [4.78, 5) is 25.5. The number of anilines is 1. The Morgan fingerprint density at radius 1 is 1.12 bits per heavy atom. The maximum atomic E-state index is 14.0. The first-order valence-electron chi connectivity index (χ1n) is 10.7. The SMILES string of the molecule is Cc1c(F)cc(N)c2c1CCC(NC(=O)OCC1c3ccccc3-c3ccccc31)C2=O. The molecule has 0 aliphatic heterocycles. The van der Waals surface area contributed by atoms with Crippen molar-refractivity contribution < 1.29 is 18.7 Å². The van der Waals surface area contributed by atoms with Crippen LogP contribution in [-0.4, -0.2) is 24.5 Å². The fraction of sp³-hybridized carbons (Fsp3) is 0.231. The summed E-state index contributed by atoms with van der Waals surface area (Å²) in [7, 11) is 0. The normalized spacial score (nSPS) is 16.8. The van der Waals surface area contributed by atoms with Crippen molar-refractivity contribution in [2.24, 2.45) is 0 Å². The lowest BCUT2D eigenvalue weighted by atomic mass is 9.83. The second-order valence-corrected chi connectivity index (χ2v) is 8.35. The summed E-state index contributed by atoms with van der Waals surface area (Å²) in [5.41, 5.74) is 11.9. The molecule has 6 heteroatoms. The van der Waals surface area contributed by atoms with E-state index in [0.717, 1.165) is 22.3 Å². The number of ketones is 1. The van der Waals surface area contributed by atoms with E-state index in [1.165, 1.54) is 6.07 Å². The van der Waals surface area contributed by atoms with Crippen molar-refractivity contribution in [1.29, 1.82) is 0 Å². The number of hydrogen-bond donors (Lipinski definition) is 2. The van der Waals surface area contributed by atoms with Crippen LogP contribution in [0.2, 0.25) is 0 Å². The minimum absolute atomic E-state index is 0.0581. The van der Waals surface area contributed by atoms with Gasteiger partial charge in [0.15, 0.2) is 5.78 Å². The van der Waals surface area contributed by atoms with E-state index in [1.807, 2.05) is 36.4 Å². The quantitative estimate of drug-likeness (QED) is 0.588. The Labute approximate surface area is 185 Å². The number of rotatable bonds is 3. The van der Waals surface area contributed by atoms with Crippen LogP contribution in [0, 0.1) is 12.7 Å². The first-order valence-corrected chi connectivity index (χ1v) is 10.7. The zero-order valence-corrected chi connectivity index (χ0v) is 17.7. The van der Waals surface area contributed by atoms with Crippen LogP contribution < -0.4 is 11.1 Å². The summed E-state index contributed by atoms with van der Waals surface area (Å²) in [6, 6.07) is 16.6. The smallest absolute Gasteiger partial charge is 0.407 e. The predicted octanol–water partition coefficient (Wildman–Crippen LogP) is 4.75. The van der Waals surface area contributed by atoms with Crippen LogP contribution in [-0.2, 0) is 11.2 Å². The van der Waals surface area contributed by atoms with Crippen LogP contribution >= 0.6 is 0 Å². The van der Waals surface area contributed by atoms with Crippen LogP contribution in [0.25, 0.3) is 11.1 Å². The number of hydrogen-bond acceptors (Lipinski definition) is 4. The highest BCUT2D eigenvalue weighted by Gasteiger charge is 2.33. The lowest BCUT2D eigenvalue weighted by Gasteiger charge is -2.26. The van der Waals surface area contributed by atoms with Gasteiger partial charge in [0.2, 0.25) is 0 Å². The van der Waals surface area contributed by atoms with E-state index < -0.39 is 18.0 Å². The molecule has 2 aliphatic carbocycles. The molecule has 0 spiro atoms. The van der Waals surface area contributed by atoms with Crippen molar-refractivity contribution in [3.63, 3.8) is 0 Å². The molecule has 0 saturated carbocycles. The fourth-order valence-electron chi connectivity index (χ4n) is 4.94. The minimum Gasteiger partial charge on any atom is -0.449 e. The maximum Gasteiger partial charge on any atom is 0.407 e. The van der Waals surface area contributed by atoms with E-state index in [9.17, 15) is 14.0 Å². The number of fused-ring (bicyclic) bond motifs is 4. The minimum atomic E-state index is -0.745. The number of Topliss-reactive ketones (excluding diaryl/α,β-unsaturated/α-hetero) is 1. The van der Waals surface area contributed by atoms with Crippen LogP contribution in [0.1, 0.15) is 45.0 Å². The Balaban J connectivity index is 1.30. The molecule has 0 fully saturated rings. The molecule has 1 amide bonds. The van der Waals surface area contributed by atoms with Crippen molar-refractivity contribution in [2.75, 3.05) is 12.3 Å². The molecule has 0 radical (unpaired) electrons. The molecule has 5 rings (SSSR count). The molecule has 32 heavy (non-hydrogen) atoms. The number of alkyl carbamates (subject to hydrolysis) is 1. The van der Waals surface area contributed by atoms with Crippen LogP contribution in [0.5, 0.6) is 0 Å². The fourth-order valence-corrected chi connectivity index (χ4v) is 4.94. The Hall–Kier alpha value is -3.67. The lowest BCUT2D eigenvalue weighted by Crippen LogP contribution is -2.44. The number of benzene rings is 3. The van der Waals surface area contributed by atoms with Gasteiger partial charge in [-0.05, 0) is 59.2 Å². The van der Waals surface area contributed by atoms with Gasteiger partial charge in [0.05, 0.1) is 6.04 Å². The van der Waals surface area contributed by atoms with Crippen LogP contribution in [0.4, 0.5) is 14.9 Å². The van der Waals surface area contributed by atoms with Crippen molar-refractivity contribution in [3.8, 4) is 11.1 Å². The first kappa shape index (κ1) is 20.2. The van der Waals surface area contributed by atoms with Gasteiger partial charge in [0.25, 0.3) is 0 Å². The standard InChI is InChI=1S/C26H23FN2O3/c1-14-15-10-11-23(25(30)24(15)22(28)12-21(14)27)29-26(31)32-13-20-18-8-4-2-6-16(18)17-7-3-5-9-19(17)20/h2-9,12,20,23H,10-11,13,28H2,1H3,(H,29,31). The predicted molar refractivity (Wildman–Crippen MR) is 120 cm³/mol. The van der Waals surface area contributed by atoms with E-state index >= 15 is 0 Å². The number of carbonyl (C=O) groups excluding carboxylic acids is 2. The van der Waals surface area contributed by atoms with E-state index in [4.69, 9.17) is 10.5 Å². The average Bonchev–Trinajstić information content (AvgIpc) is 3.11. The molecular formula is C26H23FN2O3. The number of nitrogen functional groups attached to an aromatic ring is 1. The number of halogens is 1. The molecule has 1 atom stereocenters. The topological polar surface area (TPSA) is 81.4 Å². The molecule has 2 aliphatic rings. The second-order valence-electron chi connectivity index (χ2n) is 8.35. The summed E-state index contributed by atoms with van der Waals surface area (Å²) in [5, 5.41) is 2.68. The van der Waals surface area contributed by atoms with Crippen molar-refractivity contribution in [3.05, 3.63) is 88.2 Å². The Morgan fingerprint density at radius 3 is 2.41 bits per heavy atom. The molecule has 0 heterocycles. The largest absolute Gasteiger partial charge is 0.449 e. The number of amides is 1. The average molecular weight is 430 g/mol. The van der Waals surface area contributed by atoms with Gasteiger partial charge in [-0.25, -0.2) is 9.18 Å². The van der Waals surface area contributed by atoms with E-state index in [2.05, 4.69) is 17.4 Å². The maximum absolute atomic E-state index is 14.0. The van der Waals surface area contributed by atoms with Crippen molar-refractivity contribution >= 4 is 17.6 Å². The highest BCUT2D eigenvalue weighted by Crippen LogP contribution is 2.44. The summed E-state index contributed by atoms with van der Waals surface area (Å²) >= 11 is 0. The van der Waals surface area contributed by atoms with Crippen LogP contribution in [0.3, 0.4) is 0 Å². The summed E-state index contributed by atoms with van der Waals surface area (Å²) in [5.74, 6) is -0.783. The zero-order valence-electron chi connectivity index (χ0n) is 17.7. The van der Waals surface area contributed by atoms with Gasteiger partial charge in [0, 0.05) is 17.2 Å². The summed E-state index contributed by atoms with van der Waals surface area (Å²) < 4.78 is 19.5. The highest BCUT2D eigenvalue weighted by molar-refractivity contribution is 6.07. The Kier molecular flexibility index (Phi) is 4.93. The molecule has 0 saturated heterocycles. The third kappa shape index (κ3) is 3.23. The third-order valence-electron chi connectivity index (χ3n) is 6.57. The molecule has 3 aromatic rings. The molecule has 3 aromatic carbocycles. The van der Waals surface area contributed by atoms with Crippen LogP contribution in [0.15, 0.2) is 54.6 Å². The molecule has 5 nitrogen and oxygen atoms in total. The van der Waals surface area contributed by atoms with Gasteiger partial charge in [-0.2, -0.15) is 0 Å². The summed E-state index contributed by atoms with van der Waals surface area (Å²) in [6.07, 6.45) is 0.189. The molecule has 0 aromatic heterocycles. The van der Waals surface area contributed by atoms with Crippen molar-refractivity contribution in [2.45, 2.75) is 31.7 Å². The molecule has 3 N–H and O–H groups in total. The Morgan fingerprint density at radius 2 is 1.75 bits per heavy atom. The monoisotopic (exact) mass is 430 g/mol. The van der Waals surface area contributed by atoms with Gasteiger partial charge in [-0.1, -0.05) is 48.5 Å².